The topological polar surface area (TPSA) is 28.1 Å². The standard InChI is InChI=1S/C3H7F5N3OP3/c1-2-3-12-15(8)9-13(6)10(4)14(7)11(15)5/h2-3H2,1H3. The molecular weight excluding hydrogens is 282 g/mol. The normalized spacial score (nSPS) is 39.1. The van der Waals surface area contributed by atoms with Crippen molar-refractivity contribution in [3.05, 3.63) is 0 Å². The van der Waals surface area contributed by atoms with E-state index in [0.29, 0.717) is 6.42 Å². The van der Waals surface area contributed by atoms with Crippen molar-refractivity contribution in [2.24, 2.45) is 4.52 Å². The van der Waals surface area contributed by atoms with Gasteiger partial charge in [-0.05, 0) is 11.1 Å². The molecule has 0 aromatic heterocycles. The van der Waals surface area contributed by atoms with Crippen LogP contribution in [0.5, 0.6) is 0 Å². The molecule has 0 fully saturated rings. The van der Waals surface area contributed by atoms with Gasteiger partial charge in [0.05, 0.1) is 6.61 Å². The smallest absolute Gasteiger partial charge is 0.307 e. The van der Waals surface area contributed by atoms with Crippen LogP contribution >= 0.6 is 24.8 Å². The molecule has 0 bridgehead atoms. The maximum Gasteiger partial charge on any atom is 0.371 e. The molecule has 0 amide bonds. The molecule has 3 unspecified atom stereocenters. The van der Waals surface area contributed by atoms with E-state index in [4.69, 9.17) is 0 Å². The van der Waals surface area contributed by atoms with Gasteiger partial charge >= 0.3 is 24.8 Å². The van der Waals surface area contributed by atoms with Crippen molar-refractivity contribution in [2.45, 2.75) is 13.3 Å². The zero-order chi connectivity index (χ0) is 11.6. The summed E-state index contributed by atoms with van der Waals surface area (Å²) in [4.78, 5) is 0. The summed E-state index contributed by atoms with van der Waals surface area (Å²) < 4.78 is 68.9. The fourth-order valence-corrected chi connectivity index (χ4v) is 5.37. The fraction of sp³-hybridized carbons (Fsp3) is 1.00. The molecule has 90 valence electrons. The van der Waals surface area contributed by atoms with E-state index in [-0.39, 0.29) is 6.61 Å². The lowest BCUT2D eigenvalue weighted by Crippen LogP contribution is -2.13. The van der Waals surface area contributed by atoms with E-state index in [2.05, 4.69) is 9.04 Å². The molecule has 1 aliphatic rings. The highest BCUT2D eigenvalue weighted by atomic mass is 31.3. The van der Waals surface area contributed by atoms with Gasteiger partial charge in [-0.15, -0.1) is 8.96 Å². The molecule has 0 radical (unpaired) electrons. The first-order chi connectivity index (χ1) is 6.92. The van der Waals surface area contributed by atoms with Crippen LogP contribution in [0.2, 0.25) is 0 Å². The number of rotatable bonds is 3. The van der Waals surface area contributed by atoms with Crippen LogP contribution in [0.15, 0.2) is 4.52 Å². The molecule has 1 rings (SSSR count). The van der Waals surface area contributed by atoms with Gasteiger partial charge in [-0.25, -0.2) is 0 Å². The lowest BCUT2D eigenvalue weighted by atomic mass is 10.5. The number of hydrogen-bond donors (Lipinski definition) is 0. The predicted molar refractivity (Wildman–Crippen MR) is 48.6 cm³/mol. The van der Waals surface area contributed by atoms with Gasteiger partial charge in [0, 0.05) is 4.66 Å². The Balaban J connectivity index is 2.90. The second-order valence-corrected chi connectivity index (χ2v) is 7.28. The maximum absolute atomic E-state index is 13.5. The highest BCUT2D eigenvalue weighted by molar-refractivity contribution is 7.77. The van der Waals surface area contributed by atoms with Crippen LogP contribution in [0.1, 0.15) is 13.3 Å². The molecule has 1 aliphatic heterocycles. The third-order valence-electron chi connectivity index (χ3n) is 1.26. The summed E-state index contributed by atoms with van der Waals surface area (Å²) in [6, 6.07) is 0. The molecule has 4 nitrogen and oxygen atoms in total. The summed E-state index contributed by atoms with van der Waals surface area (Å²) in [5.41, 5.74) is 0. The van der Waals surface area contributed by atoms with Gasteiger partial charge in [0.1, 0.15) is 0 Å². The third-order valence-corrected chi connectivity index (χ3v) is 6.45. The molecule has 0 saturated heterocycles. The molecule has 3 atom stereocenters. The Bertz CT molecular complexity index is 281. The Morgan fingerprint density at radius 3 is 2.53 bits per heavy atom. The summed E-state index contributed by atoms with van der Waals surface area (Å²) >= 11 is 0. The third kappa shape index (κ3) is 2.84. The minimum atomic E-state index is -4.80. The minimum absolute atomic E-state index is 0.243. The van der Waals surface area contributed by atoms with Gasteiger partial charge < -0.3 is 4.52 Å². The first-order valence-corrected chi connectivity index (χ1v) is 7.50. The Morgan fingerprint density at radius 1 is 1.40 bits per heavy atom. The molecule has 0 N–H and O–H groups in total. The van der Waals surface area contributed by atoms with Crippen molar-refractivity contribution in [2.75, 3.05) is 6.61 Å². The zero-order valence-electron chi connectivity index (χ0n) is 7.40. The van der Waals surface area contributed by atoms with Gasteiger partial charge in [0.25, 0.3) is 0 Å². The quantitative estimate of drug-likeness (QED) is 0.410. The van der Waals surface area contributed by atoms with Gasteiger partial charge in [-0.3, -0.25) is 0 Å². The van der Waals surface area contributed by atoms with Crippen LogP contribution in [0.3, 0.4) is 0 Å². The van der Waals surface area contributed by atoms with E-state index in [1.807, 2.05) is 0 Å². The van der Waals surface area contributed by atoms with Crippen molar-refractivity contribution in [1.82, 2.24) is 9.33 Å². The lowest BCUT2D eigenvalue weighted by Gasteiger charge is -2.29. The second-order valence-electron chi connectivity index (χ2n) is 2.36. The van der Waals surface area contributed by atoms with Crippen LogP contribution in [0.25, 0.3) is 0 Å². The van der Waals surface area contributed by atoms with E-state index < -0.39 is 34.1 Å². The van der Waals surface area contributed by atoms with Crippen molar-refractivity contribution < 1.29 is 26.1 Å². The number of halogens is 5. The van der Waals surface area contributed by atoms with E-state index in [1.165, 1.54) is 0 Å². The Hall–Kier alpha value is 0.620. The van der Waals surface area contributed by atoms with Crippen molar-refractivity contribution >= 4 is 24.8 Å². The Kier molecular flexibility index (Phi) is 4.84. The Labute approximate surface area is 85.5 Å². The van der Waals surface area contributed by atoms with Gasteiger partial charge in [-0.2, -0.15) is 17.1 Å². The van der Waals surface area contributed by atoms with Crippen LogP contribution in [-0.2, 0) is 4.52 Å². The highest BCUT2D eigenvalue weighted by Crippen LogP contribution is 2.80. The van der Waals surface area contributed by atoms with E-state index in [0.717, 1.165) is 0 Å². The molecular formula is C3H7F5N3OP3. The lowest BCUT2D eigenvalue weighted by molar-refractivity contribution is 0.159. The summed E-state index contributed by atoms with van der Waals surface area (Å²) in [7, 11) is -12.1. The van der Waals surface area contributed by atoms with Crippen molar-refractivity contribution in [1.29, 1.82) is 0 Å². The number of hydrogen-bond acceptors (Lipinski definition) is 4. The molecule has 15 heavy (non-hydrogen) atoms. The van der Waals surface area contributed by atoms with E-state index in [1.54, 1.807) is 6.92 Å². The summed E-state index contributed by atoms with van der Waals surface area (Å²) in [5, 5.41) is 0. The van der Waals surface area contributed by atoms with Crippen LogP contribution < -0.4 is 0 Å². The molecule has 0 aliphatic carbocycles. The highest BCUT2D eigenvalue weighted by Gasteiger charge is 2.51. The van der Waals surface area contributed by atoms with E-state index >= 15 is 0 Å². The van der Waals surface area contributed by atoms with Crippen molar-refractivity contribution in [3.63, 3.8) is 0 Å². The van der Waals surface area contributed by atoms with Crippen LogP contribution in [0, 0.1) is 0 Å². The Morgan fingerprint density at radius 2 is 2.00 bits per heavy atom. The average molecular weight is 289 g/mol. The summed E-state index contributed by atoms with van der Waals surface area (Å²) in [6.45, 7) is 1.35. The summed E-state index contributed by atoms with van der Waals surface area (Å²) in [5.74, 6) is 0. The SMILES string of the molecule is CCCOP1(F)=NP(F)N(F)P(F)N1F. The molecule has 0 saturated carbocycles. The minimum Gasteiger partial charge on any atom is -0.307 e. The average Bonchev–Trinajstić information content (AvgIpc) is 2.21. The zero-order valence-corrected chi connectivity index (χ0v) is 10.1. The fourth-order valence-electron chi connectivity index (χ4n) is 0.651. The molecule has 0 aromatic rings. The molecule has 12 heteroatoms. The molecule has 1 heterocycles. The summed E-state index contributed by atoms with van der Waals surface area (Å²) in [6.07, 6.45) is 0.322. The largest absolute Gasteiger partial charge is 0.371 e. The first kappa shape index (κ1) is 13.7. The van der Waals surface area contributed by atoms with Gasteiger partial charge in [-0.1, -0.05) is 6.92 Å². The van der Waals surface area contributed by atoms with E-state index in [9.17, 15) is 21.6 Å². The predicted octanol–water partition coefficient (Wildman–Crippen LogP) is 5.11. The van der Waals surface area contributed by atoms with Gasteiger partial charge in [0.2, 0.25) is 0 Å². The number of nitrogens with zero attached hydrogens (tertiary/aromatic N) is 3. The van der Waals surface area contributed by atoms with Crippen molar-refractivity contribution in [3.8, 4) is 0 Å². The molecule has 0 spiro atoms. The second kappa shape index (κ2) is 5.30. The molecule has 0 aromatic carbocycles. The first-order valence-electron chi connectivity index (χ1n) is 3.72. The monoisotopic (exact) mass is 289 g/mol. The van der Waals surface area contributed by atoms with Crippen LogP contribution in [0.4, 0.5) is 21.6 Å². The van der Waals surface area contributed by atoms with Gasteiger partial charge in [0.15, 0.2) is 0 Å². The maximum atomic E-state index is 13.5. The van der Waals surface area contributed by atoms with Crippen LogP contribution in [-0.4, -0.2) is 15.9 Å².